The Balaban J connectivity index is 1.83. The van der Waals surface area contributed by atoms with E-state index in [-0.39, 0.29) is 6.04 Å². The lowest BCUT2D eigenvalue weighted by molar-refractivity contribution is 0.475. The molecule has 1 heterocycles. The summed E-state index contributed by atoms with van der Waals surface area (Å²) in [7, 11) is 0. The Hall–Kier alpha value is -2.00. The van der Waals surface area contributed by atoms with Crippen LogP contribution in [-0.4, -0.2) is 5.11 Å². The molecular formula is C16H15NOS. The number of anilines is 1. The van der Waals surface area contributed by atoms with Crippen LogP contribution in [0.2, 0.25) is 0 Å². The summed E-state index contributed by atoms with van der Waals surface area (Å²) in [6, 6.07) is 18.1. The summed E-state index contributed by atoms with van der Waals surface area (Å²) in [6.07, 6.45) is 0. The van der Waals surface area contributed by atoms with Gasteiger partial charge in [0, 0.05) is 15.3 Å². The van der Waals surface area contributed by atoms with Gasteiger partial charge in [0.05, 0.1) is 6.04 Å². The second-order valence-corrected chi connectivity index (χ2v) is 5.71. The predicted octanol–water partition coefficient (Wildman–Crippen LogP) is 4.78. The maximum absolute atomic E-state index is 9.28. The average molecular weight is 269 g/mol. The van der Waals surface area contributed by atoms with Gasteiger partial charge in [-0.1, -0.05) is 18.2 Å². The molecule has 19 heavy (non-hydrogen) atoms. The first kappa shape index (κ1) is 12.1. The average Bonchev–Trinajstić information content (AvgIpc) is 2.85. The first-order chi connectivity index (χ1) is 9.22. The highest BCUT2D eigenvalue weighted by Crippen LogP contribution is 2.31. The molecule has 3 rings (SSSR count). The summed E-state index contributed by atoms with van der Waals surface area (Å²) in [5.74, 6) is 0.292. The quantitative estimate of drug-likeness (QED) is 0.671. The van der Waals surface area contributed by atoms with Gasteiger partial charge in [-0.3, -0.25) is 0 Å². The Morgan fingerprint density at radius 1 is 1.05 bits per heavy atom. The van der Waals surface area contributed by atoms with E-state index in [9.17, 15) is 5.11 Å². The molecule has 0 saturated carbocycles. The molecule has 0 aliphatic carbocycles. The lowest BCUT2D eigenvalue weighted by atomic mass is 10.2. The first-order valence-electron chi connectivity index (χ1n) is 6.26. The van der Waals surface area contributed by atoms with Gasteiger partial charge < -0.3 is 10.4 Å². The number of fused-ring (bicyclic) bond motifs is 1. The van der Waals surface area contributed by atoms with Gasteiger partial charge in [0.2, 0.25) is 0 Å². The molecule has 1 aromatic heterocycles. The zero-order chi connectivity index (χ0) is 13.2. The van der Waals surface area contributed by atoms with E-state index in [1.807, 2.05) is 23.5 Å². The van der Waals surface area contributed by atoms with Crippen molar-refractivity contribution in [3.63, 3.8) is 0 Å². The predicted molar refractivity (Wildman–Crippen MR) is 82.0 cm³/mol. The monoisotopic (exact) mass is 269 g/mol. The molecule has 2 aromatic carbocycles. The minimum Gasteiger partial charge on any atom is -0.508 e. The first-order valence-corrected chi connectivity index (χ1v) is 7.08. The fraction of sp³-hybridized carbons (Fsp3) is 0.125. The third-order valence-corrected chi connectivity index (χ3v) is 4.42. The summed E-state index contributed by atoms with van der Waals surface area (Å²) < 4.78 is 1.32. The van der Waals surface area contributed by atoms with E-state index in [1.54, 1.807) is 12.1 Å². The molecule has 0 radical (unpaired) electrons. The summed E-state index contributed by atoms with van der Waals surface area (Å²) in [5.41, 5.74) is 1.02. The molecule has 0 aliphatic heterocycles. The third-order valence-electron chi connectivity index (χ3n) is 3.12. The van der Waals surface area contributed by atoms with Crippen molar-refractivity contribution in [2.24, 2.45) is 0 Å². The highest BCUT2D eigenvalue weighted by atomic mass is 32.1. The molecule has 96 valence electrons. The molecule has 0 fully saturated rings. The second-order valence-electron chi connectivity index (χ2n) is 4.60. The Morgan fingerprint density at radius 3 is 2.53 bits per heavy atom. The van der Waals surface area contributed by atoms with Crippen molar-refractivity contribution in [2.45, 2.75) is 13.0 Å². The van der Waals surface area contributed by atoms with Gasteiger partial charge in [0.25, 0.3) is 0 Å². The van der Waals surface area contributed by atoms with Crippen molar-refractivity contribution in [2.75, 3.05) is 5.32 Å². The molecule has 3 aromatic rings. The summed E-state index contributed by atoms with van der Waals surface area (Å²) in [4.78, 5) is 1.31. The molecule has 0 saturated heterocycles. The van der Waals surface area contributed by atoms with Crippen molar-refractivity contribution in [1.29, 1.82) is 0 Å². The van der Waals surface area contributed by atoms with Crippen LogP contribution in [0, 0.1) is 0 Å². The molecule has 1 unspecified atom stereocenters. The van der Waals surface area contributed by atoms with E-state index in [1.165, 1.54) is 15.0 Å². The molecule has 3 heteroatoms. The van der Waals surface area contributed by atoms with Gasteiger partial charge in [-0.25, -0.2) is 0 Å². The fourth-order valence-electron chi connectivity index (χ4n) is 2.09. The molecule has 0 aliphatic rings. The van der Waals surface area contributed by atoms with Crippen molar-refractivity contribution < 1.29 is 5.11 Å². The zero-order valence-electron chi connectivity index (χ0n) is 10.6. The third kappa shape index (κ3) is 2.56. The summed E-state index contributed by atoms with van der Waals surface area (Å²) >= 11 is 1.82. The SMILES string of the molecule is CC(Nc1ccc(O)cc1)c1cc2ccccc2s1. The van der Waals surface area contributed by atoms with Crippen LogP contribution in [0.1, 0.15) is 17.8 Å². The molecule has 0 amide bonds. The largest absolute Gasteiger partial charge is 0.508 e. The van der Waals surface area contributed by atoms with Crippen molar-refractivity contribution in [3.05, 3.63) is 59.5 Å². The van der Waals surface area contributed by atoms with Crippen LogP contribution in [0.3, 0.4) is 0 Å². The number of nitrogens with one attached hydrogen (secondary N) is 1. The summed E-state index contributed by atoms with van der Waals surface area (Å²) in [5, 5.41) is 14.0. The van der Waals surface area contributed by atoms with Crippen molar-refractivity contribution in [1.82, 2.24) is 0 Å². The van der Waals surface area contributed by atoms with E-state index in [4.69, 9.17) is 0 Å². The molecular weight excluding hydrogens is 254 g/mol. The molecule has 0 spiro atoms. The number of hydrogen-bond donors (Lipinski definition) is 2. The van der Waals surface area contributed by atoms with Crippen molar-refractivity contribution >= 4 is 27.1 Å². The normalized spacial score (nSPS) is 12.5. The van der Waals surface area contributed by atoms with Crippen LogP contribution in [0.25, 0.3) is 10.1 Å². The van der Waals surface area contributed by atoms with Gasteiger partial charge in [-0.15, -0.1) is 11.3 Å². The van der Waals surface area contributed by atoms with E-state index >= 15 is 0 Å². The number of thiophene rings is 1. The van der Waals surface area contributed by atoms with Crippen LogP contribution < -0.4 is 5.32 Å². The van der Waals surface area contributed by atoms with E-state index in [0.29, 0.717) is 5.75 Å². The topological polar surface area (TPSA) is 32.3 Å². The number of aromatic hydroxyl groups is 1. The lowest BCUT2D eigenvalue weighted by Crippen LogP contribution is -2.04. The van der Waals surface area contributed by atoms with Gasteiger partial charge in [-0.05, 0) is 48.7 Å². The van der Waals surface area contributed by atoms with Crippen LogP contribution >= 0.6 is 11.3 Å². The summed E-state index contributed by atoms with van der Waals surface area (Å²) in [6.45, 7) is 2.15. The number of rotatable bonds is 3. The number of phenols is 1. The molecule has 1 atom stereocenters. The van der Waals surface area contributed by atoms with E-state index in [2.05, 4.69) is 42.6 Å². The Bertz CT molecular complexity index is 654. The van der Waals surface area contributed by atoms with Gasteiger partial charge in [0.1, 0.15) is 5.75 Å². The maximum atomic E-state index is 9.28. The Kier molecular flexibility index (Phi) is 3.13. The smallest absolute Gasteiger partial charge is 0.115 e. The van der Waals surface area contributed by atoms with Crippen molar-refractivity contribution in [3.8, 4) is 5.75 Å². The van der Waals surface area contributed by atoms with Crippen LogP contribution in [0.15, 0.2) is 54.6 Å². The van der Waals surface area contributed by atoms with Crippen LogP contribution in [-0.2, 0) is 0 Å². The number of benzene rings is 2. The highest BCUT2D eigenvalue weighted by molar-refractivity contribution is 7.19. The Labute approximate surface area is 116 Å². The van der Waals surface area contributed by atoms with Gasteiger partial charge in [-0.2, -0.15) is 0 Å². The van der Waals surface area contributed by atoms with E-state index < -0.39 is 0 Å². The minimum absolute atomic E-state index is 0.252. The number of hydrogen-bond acceptors (Lipinski definition) is 3. The standard InChI is InChI=1S/C16H15NOS/c1-11(17-13-6-8-14(18)9-7-13)16-10-12-4-2-3-5-15(12)19-16/h2-11,17-18H,1H3. The lowest BCUT2D eigenvalue weighted by Gasteiger charge is -2.13. The highest BCUT2D eigenvalue weighted by Gasteiger charge is 2.09. The number of phenolic OH excluding ortho intramolecular Hbond substituents is 1. The Morgan fingerprint density at radius 2 is 1.79 bits per heavy atom. The molecule has 2 nitrogen and oxygen atoms in total. The second kappa shape index (κ2) is 4.94. The van der Waals surface area contributed by atoms with E-state index in [0.717, 1.165) is 5.69 Å². The fourth-order valence-corrected chi connectivity index (χ4v) is 3.16. The minimum atomic E-state index is 0.252. The molecule has 2 N–H and O–H groups in total. The van der Waals surface area contributed by atoms with Crippen LogP contribution in [0.4, 0.5) is 5.69 Å². The van der Waals surface area contributed by atoms with Gasteiger partial charge in [0.15, 0.2) is 0 Å². The zero-order valence-corrected chi connectivity index (χ0v) is 11.4. The molecule has 0 bridgehead atoms. The van der Waals surface area contributed by atoms with Gasteiger partial charge >= 0.3 is 0 Å². The maximum Gasteiger partial charge on any atom is 0.115 e. The van der Waals surface area contributed by atoms with Crippen LogP contribution in [0.5, 0.6) is 5.75 Å².